The second-order valence-corrected chi connectivity index (χ2v) is 9.00. The fourth-order valence-electron chi connectivity index (χ4n) is 4.29. The Labute approximate surface area is 214 Å². The maximum Gasteiger partial charge on any atom is 0.573 e. The molecule has 38 heavy (non-hydrogen) atoms. The van der Waals surface area contributed by atoms with E-state index in [1.54, 1.807) is 49.3 Å². The molecule has 2 atom stereocenters. The lowest BCUT2D eigenvalue weighted by Crippen LogP contribution is -2.49. The number of hydrogen-bond acceptors (Lipinski definition) is 7. The summed E-state index contributed by atoms with van der Waals surface area (Å²) in [6.45, 7) is -0.436. The van der Waals surface area contributed by atoms with Gasteiger partial charge in [0, 0.05) is 45.1 Å². The van der Waals surface area contributed by atoms with Crippen LogP contribution in [0.3, 0.4) is 0 Å². The molecule has 1 N–H and O–H groups in total. The molecule has 3 aromatic rings. The van der Waals surface area contributed by atoms with Crippen molar-refractivity contribution in [2.24, 2.45) is 0 Å². The lowest BCUT2D eigenvalue weighted by molar-refractivity contribution is -0.274. The molecule has 0 fully saturated rings. The van der Waals surface area contributed by atoms with Gasteiger partial charge in [-0.1, -0.05) is 24.3 Å². The normalized spacial score (nSPS) is 16.7. The molecule has 0 radical (unpaired) electrons. The van der Waals surface area contributed by atoms with E-state index in [0.29, 0.717) is 28.5 Å². The molecule has 2 aromatic carbocycles. The van der Waals surface area contributed by atoms with Crippen LogP contribution in [-0.4, -0.2) is 60.9 Å². The molecule has 1 aromatic heterocycles. The monoisotopic (exact) mass is 541 g/mol. The average molecular weight is 541 g/mol. The molecule has 204 valence electrons. The molecule has 0 saturated heterocycles. The van der Waals surface area contributed by atoms with E-state index in [9.17, 15) is 31.4 Å². The Morgan fingerprint density at radius 3 is 2.26 bits per heavy atom. The molecule has 2 heterocycles. The van der Waals surface area contributed by atoms with Crippen molar-refractivity contribution >= 4 is 17.3 Å². The van der Waals surface area contributed by atoms with Gasteiger partial charge in [-0.15, -0.1) is 13.2 Å². The van der Waals surface area contributed by atoms with Crippen LogP contribution in [0.15, 0.2) is 60.9 Å². The minimum Gasteiger partial charge on any atom is -0.406 e. The number of β-amino-alcohol motifs (C(OH)–C–C–N with tert-alkyl or cyclic N) is 1. The maximum absolute atomic E-state index is 13.4. The van der Waals surface area contributed by atoms with Crippen molar-refractivity contribution in [3.8, 4) is 5.75 Å². The van der Waals surface area contributed by atoms with Crippen molar-refractivity contribution in [1.29, 1.82) is 0 Å². The molecule has 1 unspecified atom stereocenters. The lowest BCUT2D eigenvalue weighted by atomic mass is 10.00. The predicted molar refractivity (Wildman–Crippen MR) is 129 cm³/mol. The number of rotatable bonds is 7. The van der Waals surface area contributed by atoms with Crippen molar-refractivity contribution < 1.29 is 36.2 Å². The fourth-order valence-corrected chi connectivity index (χ4v) is 4.29. The van der Waals surface area contributed by atoms with Crippen LogP contribution in [0.1, 0.15) is 17.2 Å². The van der Waals surface area contributed by atoms with Crippen LogP contribution in [0, 0.1) is 0 Å². The van der Waals surface area contributed by atoms with Crippen molar-refractivity contribution in [3.63, 3.8) is 0 Å². The standard InChI is InChI=1S/C25H25F6N5O2/c1-34(2)23-32-11-17(12-33-23)21-14-35(13-16-6-5-7-18(10-16)38-25(29,30)31)19-8-3-4-9-20(19)36(21)15-22(37)24(26,27)28/h3-12,21-22,37H,13-15H2,1-2H3/t21?,22-/m1/s1. The van der Waals surface area contributed by atoms with Crippen molar-refractivity contribution in [2.75, 3.05) is 41.9 Å². The number of alkyl halides is 6. The average Bonchev–Trinajstić information content (AvgIpc) is 2.84. The fraction of sp³-hybridized carbons (Fsp3) is 0.360. The molecule has 1 aliphatic heterocycles. The Morgan fingerprint density at radius 2 is 1.66 bits per heavy atom. The zero-order valence-corrected chi connectivity index (χ0v) is 20.4. The first kappa shape index (κ1) is 27.3. The highest BCUT2D eigenvalue weighted by atomic mass is 19.4. The van der Waals surface area contributed by atoms with Crippen LogP contribution < -0.4 is 19.4 Å². The molecular formula is C25H25F6N5O2. The smallest absolute Gasteiger partial charge is 0.406 e. The zero-order chi connectivity index (χ0) is 27.7. The summed E-state index contributed by atoms with van der Waals surface area (Å²) in [5.41, 5.74) is 2.00. The van der Waals surface area contributed by atoms with Crippen LogP contribution in [-0.2, 0) is 6.54 Å². The Kier molecular flexibility index (Phi) is 7.58. The van der Waals surface area contributed by atoms with Crippen molar-refractivity contribution in [3.05, 3.63) is 72.1 Å². The van der Waals surface area contributed by atoms with Crippen LogP contribution in [0.25, 0.3) is 0 Å². The number of anilines is 3. The Morgan fingerprint density at radius 1 is 1.00 bits per heavy atom. The van der Waals surface area contributed by atoms with Gasteiger partial charge in [-0.2, -0.15) is 13.2 Å². The summed E-state index contributed by atoms with van der Waals surface area (Å²) in [7, 11) is 3.49. The summed E-state index contributed by atoms with van der Waals surface area (Å²) in [5, 5.41) is 9.95. The second kappa shape index (κ2) is 10.6. The van der Waals surface area contributed by atoms with Crippen LogP contribution in [0.5, 0.6) is 5.75 Å². The number of aliphatic hydroxyl groups excluding tert-OH is 1. The summed E-state index contributed by atoms with van der Waals surface area (Å²) in [5.74, 6) is 0.0321. The van der Waals surface area contributed by atoms with E-state index in [4.69, 9.17) is 0 Å². The first-order valence-corrected chi connectivity index (χ1v) is 11.5. The predicted octanol–water partition coefficient (Wildman–Crippen LogP) is 4.93. The van der Waals surface area contributed by atoms with Gasteiger partial charge >= 0.3 is 12.5 Å². The number of aromatic nitrogens is 2. The molecular weight excluding hydrogens is 516 g/mol. The highest BCUT2D eigenvalue weighted by Gasteiger charge is 2.42. The van der Waals surface area contributed by atoms with E-state index in [1.165, 1.54) is 35.5 Å². The van der Waals surface area contributed by atoms with E-state index >= 15 is 0 Å². The first-order valence-electron chi connectivity index (χ1n) is 11.5. The minimum absolute atomic E-state index is 0.148. The van der Waals surface area contributed by atoms with E-state index in [2.05, 4.69) is 14.7 Å². The summed E-state index contributed by atoms with van der Waals surface area (Å²) in [6, 6.07) is 11.5. The third-order valence-electron chi connectivity index (χ3n) is 6.00. The molecule has 0 amide bonds. The van der Waals surface area contributed by atoms with Crippen LogP contribution in [0.2, 0.25) is 0 Å². The van der Waals surface area contributed by atoms with E-state index < -0.39 is 31.2 Å². The summed E-state index contributed by atoms with van der Waals surface area (Å²) in [6.07, 6.45) is -9.25. The molecule has 0 aliphatic carbocycles. The topological polar surface area (TPSA) is 65.0 Å². The Bertz CT molecular complexity index is 1240. The third-order valence-corrected chi connectivity index (χ3v) is 6.00. The quantitative estimate of drug-likeness (QED) is 0.426. The highest BCUT2D eigenvalue weighted by Crippen LogP contribution is 2.42. The number of fused-ring (bicyclic) bond motifs is 1. The number of benzene rings is 2. The number of para-hydroxylation sites is 2. The Hall–Kier alpha value is -3.74. The Balaban J connectivity index is 1.72. The summed E-state index contributed by atoms with van der Waals surface area (Å²) in [4.78, 5) is 13.6. The number of hydrogen-bond donors (Lipinski definition) is 1. The largest absolute Gasteiger partial charge is 0.573 e. The van der Waals surface area contributed by atoms with Crippen molar-refractivity contribution in [2.45, 2.75) is 31.2 Å². The number of aliphatic hydroxyl groups is 1. The van der Waals surface area contributed by atoms with Gasteiger partial charge in [-0.25, -0.2) is 9.97 Å². The number of nitrogens with zero attached hydrogens (tertiary/aromatic N) is 5. The molecule has 4 rings (SSSR count). The highest BCUT2D eigenvalue weighted by molar-refractivity contribution is 5.74. The van der Waals surface area contributed by atoms with Crippen LogP contribution >= 0.6 is 0 Å². The van der Waals surface area contributed by atoms with Crippen molar-refractivity contribution in [1.82, 2.24) is 9.97 Å². The van der Waals surface area contributed by atoms with Crippen LogP contribution in [0.4, 0.5) is 43.7 Å². The van der Waals surface area contributed by atoms with Gasteiger partial charge in [0.15, 0.2) is 6.10 Å². The van der Waals surface area contributed by atoms with E-state index in [0.717, 1.165) is 0 Å². The van der Waals surface area contributed by atoms with Gasteiger partial charge in [-0.05, 0) is 29.8 Å². The van der Waals surface area contributed by atoms with Gasteiger partial charge < -0.3 is 24.5 Å². The van der Waals surface area contributed by atoms with Gasteiger partial charge in [-0.3, -0.25) is 0 Å². The van der Waals surface area contributed by atoms with E-state index in [-0.39, 0.29) is 18.8 Å². The zero-order valence-electron chi connectivity index (χ0n) is 20.4. The SMILES string of the molecule is CN(C)c1ncc(C2CN(Cc3cccc(OC(F)(F)F)c3)c3ccccc3N2C[C@@H](O)C(F)(F)F)cn1. The number of ether oxygens (including phenoxy) is 1. The maximum atomic E-state index is 13.4. The summed E-state index contributed by atoms with van der Waals surface area (Å²) < 4.78 is 82.3. The second-order valence-electron chi connectivity index (χ2n) is 9.00. The number of halogens is 6. The molecule has 1 aliphatic rings. The lowest BCUT2D eigenvalue weighted by Gasteiger charge is -2.45. The van der Waals surface area contributed by atoms with Gasteiger partial charge in [0.05, 0.1) is 24.0 Å². The summed E-state index contributed by atoms with van der Waals surface area (Å²) >= 11 is 0. The molecule has 7 nitrogen and oxygen atoms in total. The first-order chi connectivity index (χ1) is 17.8. The van der Waals surface area contributed by atoms with Gasteiger partial charge in [0.2, 0.25) is 5.95 Å². The third kappa shape index (κ3) is 6.39. The van der Waals surface area contributed by atoms with Gasteiger partial charge in [0.25, 0.3) is 0 Å². The minimum atomic E-state index is -4.85. The molecule has 0 saturated carbocycles. The van der Waals surface area contributed by atoms with Gasteiger partial charge in [0.1, 0.15) is 5.75 Å². The molecule has 0 bridgehead atoms. The molecule has 0 spiro atoms. The molecule has 13 heteroatoms. The van der Waals surface area contributed by atoms with E-state index in [1.807, 2.05) is 4.90 Å².